The van der Waals surface area contributed by atoms with Gasteiger partial charge in [0.25, 0.3) is 17.7 Å². The van der Waals surface area contributed by atoms with E-state index >= 15 is 0 Å². The molecule has 0 aliphatic carbocycles. The molecule has 576 valence electrons. The van der Waals surface area contributed by atoms with E-state index in [2.05, 4.69) is 96.7 Å². The van der Waals surface area contributed by atoms with Crippen LogP contribution in [-0.4, -0.2) is 156 Å². The van der Waals surface area contributed by atoms with Gasteiger partial charge in [-0.3, -0.25) is 44.0 Å². The number of pyridine rings is 3. The number of imidazole rings is 3. The predicted octanol–water partition coefficient (Wildman–Crippen LogP) is 12.8. The second-order valence-electron chi connectivity index (χ2n) is 26.6. The van der Waals surface area contributed by atoms with Gasteiger partial charge in [-0.2, -0.15) is 54.8 Å². The average molecular weight is 1550 g/mol. The molecule has 3 aliphatic heterocycles. The fourth-order valence-corrected chi connectivity index (χ4v) is 12.8. The molecule has 0 saturated carbocycles. The van der Waals surface area contributed by atoms with E-state index in [0.717, 1.165) is 50.6 Å². The molecule has 3 aliphatic rings. The number of halogens is 9. The Bertz CT molecular complexity index is 5420. The number of hydrogen-bond acceptors (Lipinski definition) is 17. The van der Waals surface area contributed by atoms with Gasteiger partial charge in [0.1, 0.15) is 17.1 Å². The van der Waals surface area contributed by atoms with Gasteiger partial charge in [-0.25, -0.2) is 28.5 Å². The van der Waals surface area contributed by atoms with Crippen molar-refractivity contribution in [3.63, 3.8) is 0 Å². The number of alkyl halides is 9. The zero-order valence-corrected chi connectivity index (χ0v) is 60.5. The lowest BCUT2D eigenvalue weighted by atomic mass is 10.0. The van der Waals surface area contributed by atoms with Crippen LogP contribution < -0.4 is 16.0 Å². The number of nitrogens with zero attached hydrogens (tertiary/aromatic N) is 15. The zero-order chi connectivity index (χ0) is 79.2. The van der Waals surface area contributed by atoms with Gasteiger partial charge < -0.3 is 25.4 Å². The number of benzene rings is 3. The maximum atomic E-state index is 14.0. The highest BCUT2D eigenvalue weighted by atomic mass is 19.4. The van der Waals surface area contributed by atoms with Gasteiger partial charge in [0.2, 0.25) is 0 Å². The summed E-state index contributed by atoms with van der Waals surface area (Å²) < 4.78 is 140. The minimum atomic E-state index is -4.58. The number of anilines is 3. The molecule has 3 fully saturated rings. The molecule has 0 spiro atoms. The highest BCUT2D eigenvalue weighted by Crippen LogP contribution is 2.38. The standard InChI is InChI=1S/C28H25F3N6O2.C27H23F3N6O.C26H21F3N6O2/c1-18-15-36(16-19(2)39-18)17-21-6-7-23(11-25(21)28(29,30)31)35-27(38)22-10-20(12-32-13-22)5-8-24-14-33-26-4-3-9-34-37(24)26;28-27(29,30)24-14-22(8-7-20(24)18-35-11-2-1-3-12-35)34-26(37)21-13-19(15-31-16-21)6-9-23-17-32-25-5-4-10-33-36(23)25;27-26(28,29)23-13-21(5-4-19(23)17-34-8-10-37-11-9-34)33-25(36)20-12-18(14-30-15-20)3-6-22-16-31-24-2-1-7-32-35(22)24/h3-4,6-7,9-14,18-19H,15-17H2,1-2H3,(H,35,38);4-5,7-8,10,13-17H,1-3,11-12,18H2,(H,34,37);1-2,4-5,7,12-16H,8-11,17H2,(H,33,36)/t18-,19+;;. The summed E-state index contributed by atoms with van der Waals surface area (Å²) in [6.45, 7) is 9.09. The van der Waals surface area contributed by atoms with Crippen molar-refractivity contribution in [2.75, 3.05) is 68.4 Å². The molecule has 12 aromatic rings. The van der Waals surface area contributed by atoms with Crippen molar-refractivity contribution in [2.45, 2.75) is 83.5 Å². The molecule has 9 aromatic heterocycles. The number of likely N-dealkylation sites (tertiary alicyclic amines) is 1. The Balaban J connectivity index is 0.000000148. The van der Waals surface area contributed by atoms with Crippen LogP contribution in [0, 0.1) is 35.5 Å². The molecule has 3 aromatic carbocycles. The lowest BCUT2D eigenvalue weighted by Crippen LogP contribution is -2.45. The lowest BCUT2D eigenvalue weighted by molar-refractivity contribution is -0.139. The first-order valence-corrected chi connectivity index (χ1v) is 35.6. The van der Waals surface area contributed by atoms with Crippen LogP contribution in [0.1, 0.15) is 131 Å². The molecule has 2 atom stereocenters. The van der Waals surface area contributed by atoms with Gasteiger partial charge in [0.15, 0.2) is 16.9 Å². The molecule has 0 radical (unpaired) electrons. The van der Waals surface area contributed by atoms with Crippen molar-refractivity contribution in [1.29, 1.82) is 0 Å². The van der Waals surface area contributed by atoms with Crippen LogP contribution in [0.25, 0.3) is 16.9 Å². The van der Waals surface area contributed by atoms with Crippen LogP contribution in [0.3, 0.4) is 0 Å². The summed E-state index contributed by atoms with van der Waals surface area (Å²) in [4.78, 5) is 69.2. The summed E-state index contributed by atoms with van der Waals surface area (Å²) in [5, 5.41) is 20.2. The van der Waals surface area contributed by atoms with Crippen LogP contribution in [0.15, 0.2) is 184 Å². The van der Waals surface area contributed by atoms with Crippen molar-refractivity contribution < 1.29 is 63.4 Å². The van der Waals surface area contributed by atoms with Gasteiger partial charge in [0, 0.05) is 135 Å². The monoisotopic (exact) mass is 1540 g/mol. The third-order valence-electron chi connectivity index (χ3n) is 18.1. The number of morpholine rings is 2. The Morgan fingerprint density at radius 1 is 0.416 bits per heavy atom. The Morgan fingerprint density at radius 2 is 0.752 bits per heavy atom. The van der Waals surface area contributed by atoms with Crippen LogP contribution >= 0.6 is 0 Å². The van der Waals surface area contributed by atoms with E-state index in [-0.39, 0.29) is 82.3 Å². The van der Waals surface area contributed by atoms with Crippen molar-refractivity contribution in [3.8, 4) is 35.5 Å². The molecule has 32 heteroatoms. The first kappa shape index (κ1) is 78.4. The summed E-state index contributed by atoms with van der Waals surface area (Å²) in [5.74, 6) is 15.8. The number of carbonyl (C=O) groups is 3. The maximum Gasteiger partial charge on any atom is 0.416 e. The number of rotatable bonds is 12. The van der Waals surface area contributed by atoms with Gasteiger partial charge in [0.05, 0.1) is 77.4 Å². The molecular weight excluding hydrogens is 1480 g/mol. The largest absolute Gasteiger partial charge is 0.416 e. The van der Waals surface area contributed by atoms with Crippen molar-refractivity contribution in [3.05, 3.63) is 267 Å². The van der Waals surface area contributed by atoms with E-state index in [1.165, 1.54) is 91.8 Å². The third-order valence-corrected chi connectivity index (χ3v) is 18.1. The molecule has 15 rings (SSSR count). The van der Waals surface area contributed by atoms with Crippen LogP contribution in [0.2, 0.25) is 0 Å². The van der Waals surface area contributed by atoms with E-state index in [9.17, 15) is 53.9 Å². The second kappa shape index (κ2) is 35.1. The number of carbonyl (C=O) groups excluding carboxylic acids is 3. The second-order valence-corrected chi connectivity index (χ2v) is 26.6. The van der Waals surface area contributed by atoms with E-state index in [1.54, 1.807) is 87.1 Å². The van der Waals surface area contributed by atoms with Gasteiger partial charge in [-0.05, 0) is 165 Å². The molecule has 0 unspecified atom stereocenters. The number of aromatic nitrogens is 12. The van der Waals surface area contributed by atoms with E-state index in [4.69, 9.17) is 9.47 Å². The normalized spacial score (nSPS) is 15.5. The summed E-state index contributed by atoms with van der Waals surface area (Å²) in [7, 11) is 0. The van der Waals surface area contributed by atoms with E-state index < -0.39 is 52.9 Å². The molecule has 3 N–H and O–H groups in total. The minimum Gasteiger partial charge on any atom is -0.379 e. The number of fused-ring (bicyclic) bond motifs is 3. The lowest BCUT2D eigenvalue weighted by Gasteiger charge is -2.35. The Hall–Kier alpha value is -12.8. The van der Waals surface area contributed by atoms with Crippen LogP contribution in [0.5, 0.6) is 0 Å². The van der Waals surface area contributed by atoms with Crippen molar-refractivity contribution in [2.24, 2.45) is 0 Å². The molecular formula is C81H69F9N18O5. The van der Waals surface area contributed by atoms with Gasteiger partial charge >= 0.3 is 18.5 Å². The number of nitrogens with one attached hydrogen (secondary N) is 3. The van der Waals surface area contributed by atoms with E-state index in [0.29, 0.717) is 90.1 Å². The Labute approximate surface area is 640 Å². The Morgan fingerprint density at radius 3 is 1.10 bits per heavy atom. The number of hydrogen-bond donors (Lipinski definition) is 3. The minimum absolute atomic E-state index is 0.0353. The van der Waals surface area contributed by atoms with Crippen LogP contribution in [-0.2, 0) is 47.6 Å². The number of amides is 3. The molecule has 3 amide bonds. The average Bonchev–Trinajstić information content (AvgIpc) is 1.64. The first-order valence-electron chi connectivity index (χ1n) is 35.6. The highest BCUT2D eigenvalue weighted by molar-refractivity contribution is 6.05. The summed E-state index contributed by atoms with van der Waals surface area (Å²) >= 11 is 0. The van der Waals surface area contributed by atoms with Gasteiger partial charge in [-0.1, -0.05) is 42.4 Å². The molecule has 23 nitrogen and oxygen atoms in total. The highest BCUT2D eigenvalue weighted by Gasteiger charge is 2.37. The summed E-state index contributed by atoms with van der Waals surface area (Å²) in [6, 6.07) is 26.9. The van der Waals surface area contributed by atoms with E-state index in [1.807, 2.05) is 28.5 Å². The molecule has 113 heavy (non-hydrogen) atoms. The molecule has 3 saturated heterocycles. The fourth-order valence-electron chi connectivity index (χ4n) is 12.8. The molecule has 0 bridgehead atoms. The third kappa shape index (κ3) is 20.6. The Kier molecular flexibility index (Phi) is 24.3. The number of ether oxygens (including phenoxy) is 2. The zero-order valence-electron chi connectivity index (χ0n) is 60.5. The maximum absolute atomic E-state index is 14.0. The predicted molar refractivity (Wildman–Crippen MR) is 398 cm³/mol. The fraction of sp³-hybridized carbons (Fsp3) is 0.259. The van der Waals surface area contributed by atoms with Crippen molar-refractivity contribution >= 4 is 51.7 Å². The molecule has 12 heterocycles. The first-order chi connectivity index (χ1) is 54.4. The quantitative estimate of drug-likeness (QED) is 0.0760. The summed E-state index contributed by atoms with van der Waals surface area (Å²) in [6.07, 6.45) is 7.37. The van der Waals surface area contributed by atoms with Crippen molar-refractivity contribution in [1.82, 2.24) is 73.4 Å². The topological polar surface area (TPSA) is 245 Å². The summed E-state index contributed by atoms with van der Waals surface area (Å²) in [5.41, 5.74) is 3.81. The van der Waals surface area contributed by atoms with Gasteiger partial charge in [-0.15, -0.1) is 0 Å². The number of piperidine rings is 1. The SMILES string of the molecule is C[C@@H]1CN(Cc2ccc(NC(=O)c3cncc(C#Cc4cnc5cccnn45)c3)cc2C(F)(F)F)C[C@H](C)O1.O=C(Nc1ccc(CN2CCCCC2)c(C(F)(F)F)c1)c1cncc(C#Cc2cnc3cccnn23)c1.O=C(Nc1ccc(CN2CCOCC2)c(C(F)(F)F)c1)c1cncc(C#Cc2cnc3cccnn23)c1. The van der Waals surface area contributed by atoms with Crippen LogP contribution in [0.4, 0.5) is 56.6 Å². The smallest absolute Gasteiger partial charge is 0.379 e.